The molecule has 0 fully saturated rings. The lowest BCUT2D eigenvalue weighted by molar-refractivity contribution is -0.124. The Kier molecular flexibility index (Phi) is 7.56. The predicted octanol–water partition coefficient (Wildman–Crippen LogP) is 2.51. The van der Waals surface area contributed by atoms with Gasteiger partial charge >= 0.3 is 6.03 Å². The lowest BCUT2D eigenvalue weighted by Gasteiger charge is -2.22. The average Bonchev–Trinajstić information content (AvgIpc) is 2.70. The van der Waals surface area contributed by atoms with Gasteiger partial charge in [0.15, 0.2) is 0 Å². The Morgan fingerprint density at radius 2 is 1.57 bits per heavy atom. The van der Waals surface area contributed by atoms with Crippen LogP contribution in [0.2, 0.25) is 0 Å². The molecule has 0 aliphatic heterocycles. The number of carbonyl (C=O) groups is 3. The Morgan fingerprint density at radius 3 is 2.14 bits per heavy atom. The Morgan fingerprint density at radius 1 is 0.929 bits per heavy atom. The maximum Gasteiger partial charge on any atom is 0.319 e. The SMILES string of the molecule is CNC(=O)c1ccc(CNC(=O)C(NC(=O)Nc2ccccc2)C(C)C)cc1. The van der Waals surface area contributed by atoms with Crippen molar-refractivity contribution in [1.29, 1.82) is 0 Å². The van der Waals surface area contributed by atoms with Gasteiger partial charge in [0.25, 0.3) is 5.91 Å². The van der Waals surface area contributed by atoms with E-state index in [1.54, 1.807) is 43.4 Å². The average molecular weight is 382 g/mol. The van der Waals surface area contributed by atoms with Crippen LogP contribution in [0.25, 0.3) is 0 Å². The van der Waals surface area contributed by atoms with Gasteiger partial charge in [0.05, 0.1) is 0 Å². The van der Waals surface area contributed by atoms with Gasteiger partial charge in [0.2, 0.25) is 5.91 Å². The first-order valence-corrected chi connectivity index (χ1v) is 9.12. The van der Waals surface area contributed by atoms with Gasteiger partial charge in [-0.1, -0.05) is 44.2 Å². The van der Waals surface area contributed by atoms with E-state index in [2.05, 4.69) is 21.3 Å². The topological polar surface area (TPSA) is 99.3 Å². The number of rotatable bonds is 7. The number of hydrogen-bond acceptors (Lipinski definition) is 3. The van der Waals surface area contributed by atoms with Crippen LogP contribution in [0.15, 0.2) is 54.6 Å². The first kappa shape index (κ1) is 21.0. The van der Waals surface area contributed by atoms with E-state index in [0.717, 1.165) is 5.56 Å². The second-order valence-corrected chi connectivity index (χ2v) is 6.68. The largest absolute Gasteiger partial charge is 0.355 e. The molecular formula is C21H26N4O3. The number of anilines is 1. The highest BCUT2D eigenvalue weighted by Gasteiger charge is 2.24. The van der Waals surface area contributed by atoms with Crippen LogP contribution in [0.3, 0.4) is 0 Å². The summed E-state index contributed by atoms with van der Waals surface area (Å²) in [6, 6.07) is 14.9. The van der Waals surface area contributed by atoms with Crippen molar-refractivity contribution in [3.05, 3.63) is 65.7 Å². The van der Waals surface area contributed by atoms with Crippen LogP contribution in [0.5, 0.6) is 0 Å². The number of carbonyl (C=O) groups excluding carboxylic acids is 3. The van der Waals surface area contributed by atoms with Crippen molar-refractivity contribution in [3.8, 4) is 0 Å². The Labute approximate surface area is 164 Å². The van der Waals surface area contributed by atoms with Crippen LogP contribution in [-0.4, -0.2) is 30.9 Å². The van der Waals surface area contributed by atoms with Crippen molar-refractivity contribution in [2.75, 3.05) is 12.4 Å². The van der Waals surface area contributed by atoms with Crippen molar-refractivity contribution in [2.24, 2.45) is 5.92 Å². The molecule has 4 N–H and O–H groups in total. The monoisotopic (exact) mass is 382 g/mol. The standard InChI is InChI=1S/C21H26N4O3/c1-14(2)18(25-21(28)24-17-7-5-4-6-8-17)20(27)23-13-15-9-11-16(12-10-15)19(26)22-3/h4-12,14,18H,13H2,1-3H3,(H,22,26)(H,23,27)(H2,24,25,28). The van der Waals surface area contributed by atoms with Crippen LogP contribution in [0.1, 0.15) is 29.8 Å². The molecule has 4 amide bonds. The molecule has 2 aromatic rings. The first-order chi connectivity index (χ1) is 13.4. The molecule has 0 aliphatic rings. The lowest BCUT2D eigenvalue weighted by atomic mass is 10.0. The molecule has 1 atom stereocenters. The number of benzene rings is 2. The Bertz CT molecular complexity index is 804. The lowest BCUT2D eigenvalue weighted by Crippen LogP contribution is -2.50. The van der Waals surface area contributed by atoms with Gasteiger partial charge in [-0.25, -0.2) is 4.79 Å². The fraction of sp³-hybridized carbons (Fsp3) is 0.286. The molecule has 28 heavy (non-hydrogen) atoms. The van der Waals surface area contributed by atoms with Crippen molar-refractivity contribution in [2.45, 2.75) is 26.4 Å². The van der Waals surface area contributed by atoms with Gasteiger partial charge in [-0.15, -0.1) is 0 Å². The molecule has 2 rings (SSSR count). The van der Waals surface area contributed by atoms with Gasteiger partial charge in [-0.05, 0) is 35.7 Å². The molecule has 148 valence electrons. The summed E-state index contributed by atoms with van der Waals surface area (Å²) in [5.41, 5.74) is 2.06. The van der Waals surface area contributed by atoms with Gasteiger partial charge in [0.1, 0.15) is 6.04 Å². The first-order valence-electron chi connectivity index (χ1n) is 9.12. The number of amides is 4. The third-order valence-electron chi connectivity index (χ3n) is 4.18. The van der Waals surface area contributed by atoms with Crippen molar-refractivity contribution in [1.82, 2.24) is 16.0 Å². The summed E-state index contributed by atoms with van der Waals surface area (Å²) in [5.74, 6) is -0.519. The predicted molar refractivity (Wildman–Crippen MR) is 109 cm³/mol. The maximum atomic E-state index is 12.5. The van der Waals surface area contributed by atoms with E-state index in [1.807, 2.05) is 32.0 Å². The molecule has 2 aromatic carbocycles. The summed E-state index contributed by atoms with van der Waals surface area (Å²) in [6.45, 7) is 4.04. The zero-order valence-electron chi connectivity index (χ0n) is 16.3. The van der Waals surface area contributed by atoms with E-state index in [-0.39, 0.29) is 17.7 Å². The molecule has 0 aliphatic carbocycles. The quantitative estimate of drug-likeness (QED) is 0.592. The summed E-state index contributed by atoms with van der Waals surface area (Å²) >= 11 is 0. The second-order valence-electron chi connectivity index (χ2n) is 6.68. The summed E-state index contributed by atoms with van der Waals surface area (Å²) < 4.78 is 0. The van der Waals surface area contributed by atoms with Gasteiger partial charge in [-0.2, -0.15) is 0 Å². The number of para-hydroxylation sites is 1. The molecule has 7 nitrogen and oxygen atoms in total. The maximum absolute atomic E-state index is 12.5. The van der Waals surface area contributed by atoms with Crippen molar-refractivity contribution >= 4 is 23.5 Å². The number of nitrogens with one attached hydrogen (secondary N) is 4. The van der Waals surface area contributed by atoms with E-state index in [9.17, 15) is 14.4 Å². The van der Waals surface area contributed by atoms with Gasteiger partial charge in [-0.3, -0.25) is 9.59 Å². The minimum atomic E-state index is -0.672. The fourth-order valence-corrected chi connectivity index (χ4v) is 2.58. The Balaban J connectivity index is 1.91. The molecule has 0 radical (unpaired) electrons. The van der Waals surface area contributed by atoms with E-state index < -0.39 is 12.1 Å². The Hall–Kier alpha value is -3.35. The normalized spacial score (nSPS) is 11.4. The highest BCUT2D eigenvalue weighted by Crippen LogP contribution is 2.08. The minimum Gasteiger partial charge on any atom is -0.355 e. The van der Waals surface area contributed by atoms with E-state index in [1.165, 1.54) is 0 Å². The number of hydrogen-bond donors (Lipinski definition) is 4. The van der Waals surface area contributed by atoms with Crippen LogP contribution < -0.4 is 21.3 Å². The molecule has 0 spiro atoms. The van der Waals surface area contributed by atoms with Crippen molar-refractivity contribution in [3.63, 3.8) is 0 Å². The van der Waals surface area contributed by atoms with E-state index >= 15 is 0 Å². The molecule has 1 unspecified atom stereocenters. The van der Waals surface area contributed by atoms with E-state index in [0.29, 0.717) is 17.8 Å². The van der Waals surface area contributed by atoms with Crippen LogP contribution >= 0.6 is 0 Å². The van der Waals surface area contributed by atoms with E-state index in [4.69, 9.17) is 0 Å². The zero-order valence-corrected chi connectivity index (χ0v) is 16.3. The molecule has 0 saturated heterocycles. The summed E-state index contributed by atoms with van der Waals surface area (Å²) in [6.07, 6.45) is 0. The zero-order chi connectivity index (χ0) is 20.5. The summed E-state index contributed by atoms with van der Waals surface area (Å²) in [5, 5.41) is 10.8. The van der Waals surface area contributed by atoms with Gasteiger partial charge < -0.3 is 21.3 Å². The summed E-state index contributed by atoms with van der Waals surface area (Å²) in [4.78, 5) is 36.3. The fourth-order valence-electron chi connectivity index (χ4n) is 2.58. The molecule has 0 aromatic heterocycles. The molecule has 0 bridgehead atoms. The minimum absolute atomic E-state index is 0.0860. The highest BCUT2D eigenvalue weighted by molar-refractivity contribution is 5.94. The van der Waals surface area contributed by atoms with Crippen molar-refractivity contribution < 1.29 is 14.4 Å². The van der Waals surface area contributed by atoms with Crippen LogP contribution in [0, 0.1) is 5.92 Å². The molecule has 0 heterocycles. The second kappa shape index (κ2) is 10.1. The third kappa shape index (κ3) is 6.12. The summed E-state index contributed by atoms with van der Waals surface area (Å²) in [7, 11) is 1.57. The third-order valence-corrected chi connectivity index (χ3v) is 4.18. The molecule has 0 saturated carbocycles. The van der Waals surface area contributed by atoms with Crippen LogP contribution in [-0.2, 0) is 11.3 Å². The molecular weight excluding hydrogens is 356 g/mol. The van der Waals surface area contributed by atoms with Gasteiger partial charge in [0, 0.05) is 24.8 Å². The van der Waals surface area contributed by atoms with Crippen LogP contribution in [0.4, 0.5) is 10.5 Å². The number of urea groups is 1. The molecule has 7 heteroatoms. The highest BCUT2D eigenvalue weighted by atomic mass is 16.2. The smallest absolute Gasteiger partial charge is 0.319 e.